The molecule has 1 aromatic carbocycles. The molecule has 0 aromatic heterocycles. The van der Waals surface area contributed by atoms with E-state index in [0.717, 1.165) is 23.7 Å². The van der Waals surface area contributed by atoms with Crippen LogP contribution in [0, 0.1) is 0 Å². The number of nitrogens with two attached hydrogens (primary N) is 1. The molecule has 1 amide bonds. The van der Waals surface area contributed by atoms with Gasteiger partial charge in [-0.15, -0.1) is 0 Å². The van der Waals surface area contributed by atoms with Gasteiger partial charge < -0.3 is 11.1 Å². The van der Waals surface area contributed by atoms with Gasteiger partial charge in [0.05, 0.1) is 0 Å². The summed E-state index contributed by atoms with van der Waals surface area (Å²) in [5.41, 5.74) is 6.69. The molecule has 20 heavy (non-hydrogen) atoms. The van der Waals surface area contributed by atoms with Crippen molar-refractivity contribution in [3.05, 3.63) is 34.3 Å². The van der Waals surface area contributed by atoms with Crippen molar-refractivity contribution in [1.29, 1.82) is 0 Å². The van der Waals surface area contributed by atoms with Gasteiger partial charge in [-0.2, -0.15) is 0 Å². The Balaban J connectivity index is 2.09. The van der Waals surface area contributed by atoms with Gasteiger partial charge in [0.25, 0.3) is 0 Å². The van der Waals surface area contributed by atoms with E-state index < -0.39 is 0 Å². The van der Waals surface area contributed by atoms with E-state index in [4.69, 9.17) is 5.73 Å². The average molecular weight is 339 g/mol. The lowest BCUT2D eigenvalue weighted by molar-refractivity contribution is -0.123. The molecular formula is C16H23BrN2O. The maximum atomic E-state index is 12.0. The van der Waals surface area contributed by atoms with Crippen LogP contribution in [-0.2, 0) is 11.2 Å². The van der Waals surface area contributed by atoms with Crippen LogP contribution in [0.15, 0.2) is 28.7 Å². The molecule has 3 nitrogen and oxygen atoms in total. The first-order valence-corrected chi connectivity index (χ1v) is 8.18. The number of halogens is 1. The molecule has 1 saturated carbocycles. The van der Waals surface area contributed by atoms with E-state index in [2.05, 4.69) is 45.5 Å². The molecule has 110 valence electrons. The van der Waals surface area contributed by atoms with Gasteiger partial charge in [0.1, 0.15) is 0 Å². The molecule has 0 bridgehead atoms. The normalized spacial score (nSPS) is 17.7. The predicted octanol–water partition coefficient (Wildman–Crippen LogP) is 3.16. The number of benzene rings is 1. The van der Waals surface area contributed by atoms with Gasteiger partial charge in [0.15, 0.2) is 0 Å². The number of hydrogen-bond donors (Lipinski definition) is 2. The average Bonchev–Trinajstić information content (AvgIpc) is 2.42. The molecule has 0 heterocycles. The lowest BCUT2D eigenvalue weighted by atomic mass is 9.77. The molecule has 0 radical (unpaired) electrons. The minimum atomic E-state index is -0.0711. The summed E-state index contributed by atoms with van der Waals surface area (Å²) < 4.78 is 1.09. The molecule has 2 rings (SSSR count). The van der Waals surface area contributed by atoms with Crippen molar-refractivity contribution < 1.29 is 4.79 Å². The lowest BCUT2D eigenvalue weighted by Crippen LogP contribution is -2.51. The Morgan fingerprint density at radius 2 is 1.85 bits per heavy atom. The molecule has 0 saturated heterocycles. The second-order valence-corrected chi connectivity index (χ2v) is 6.65. The molecular weight excluding hydrogens is 316 g/mol. The van der Waals surface area contributed by atoms with Gasteiger partial charge in [-0.05, 0) is 37.0 Å². The zero-order valence-electron chi connectivity index (χ0n) is 11.8. The minimum Gasteiger partial charge on any atom is -0.350 e. The van der Waals surface area contributed by atoms with Crippen LogP contribution in [0.4, 0.5) is 0 Å². The fourth-order valence-electron chi connectivity index (χ4n) is 3.06. The van der Waals surface area contributed by atoms with Gasteiger partial charge in [0, 0.05) is 23.0 Å². The second kappa shape index (κ2) is 7.23. The molecule has 0 unspecified atom stereocenters. The summed E-state index contributed by atoms with van der Waals surface area (Å²) >= 11 is 3.46. The summed E-state index contributed by atoms with van der Waals surface area (Å²) in [6.45, 7) is 0.417. The first kappa shape index (κ1) is 15.5. The Kier molecular flexibility index (Phi) is 5.61. The third-order valence-electron chi connectivity index (χ3n) is 4.04. The molecule has 1 aliphatic rings. The predicted molar refractivity (Wildman–Crippen MR) is 85.5 cm³/mol. The van der Waals surface area contributed by atoms with Crippen LogP contribution in [0.25, 0.3) is 0 Å². The van der Waals surface area contributed by atoms with Crippen LogP contribution in [0.5, 0.6) is 0 Å². The van der Waals surface area contributed by atoms with Gasteiger partial charge in [-0.3, -0.25) is 4.79 Å². The van der Waals surface area contributed by atoms with Crippen LogP contribution in [0.2, 0.25) is 0 Å². The van der Waals surface area contributed by atoms with Crippen molar-refractivity contribution in [2.75, 3.05) is 6.54 Å². The number of hydrogen-bond acceptors (Lipinski definition) is 2. The monoisotopic (exact) mass is 338 g/mol. The second-order valence-electron chi connectivity index (χ2n) is 5.73. The van der Waals surface area contributed by atoms with Crippen molar-refractivity contribution in [2.45, 2.75) is 50.5 Å². The van der Waals surface area contributed by atoms with E-state index in [1.165, 1.54) is 24.8 Å². The molecule has 1 aliphatic carbocycles. The van der Waals surface area contributed by atoms with Crippen LogP contribution in [-0.4, -0.2) is 18.0 Å². The first-order chi connectivity index (χ1) is 9.63. The van der Waals surface area contributed by atoms with Gasteiger partial charge >= 0.3 is 0 Å². The third-order valence-corrected chi connectivity index (χ3v) is 4.57. The Morgan fingerprint density at radius 3 is 2.45 bits per heavy atom. The highest BCUT2D eigenvalue weighted by Gasteiger charge is 2.33. The number of nitrogens with one attached hydrogen (secondary N) is 1. The maximum absolute atomic E-state index is 12.0. The SMILES string of the molecule is NCCC(=O)NC1(Cc2ccc(Br)cc2)CCCCC1. The summed E-state index contributed by atoms with van der Waals surface area (Å²) in [4.78, 5) is 12.0. The minimum absolute atomic E-state index is 0.0711. The third kappa shape index (κ3) is 4.32. The summed E-state index contributed by atoms with van der Waals surface area (Å²) in [5.74, 6) is 0.0894. The molecule has 1 fully saturated rings. The van der Waals surface area contributed by atoms with Crippen molar-refractivity contribution >= 4 is 21.8 Å². The summed E-state index contributed by atoms with van der Waals surface area (Å²) in [6.07, 6.45) is 7.13. The van der Waals surface area contributed by atoms with Crippen molar-refractivity contribution in [2.24, 2.45) is 5.73 Å². The Morgan fingerprint density at radius 1 is 1.20 bits per heavy atom. The topological polar surface area (TPSA) is 55.1 Å². The van der Waals surface area contributed by atoms with E-state index in [0.29, 0.717) is 13.0 Å². The summed E-state index contributed by atoms with van der Waals surface area (Å²) in [5, 5.41) is 3.27. The Hall–Kier alpha value is -0.870. The molecule has 0 spiro atoms. The first-order valence-electron chi connectivity index (χ1n) is 7.39. The van der Waals surface area contributed by atoms with Crippen molar-refractivity contribution in [1.82, 2.24) is 5.32 Å². The van der Waals surface area contributed by atoms with Crippen LogP contribution in [0.1, 0.15) is 44.1 Å². The highest BCUT2D eigenvalue weighted by atomic mass is 79.9. The Labute approximate surface area is 129 Å². The molecule has 0 atom stereocenters. The van der Waals surface area contributed by atoms with E-state index in [1.54, 1.807) is 0 Å². The van der Waals surface area contributed by atoms with Gasteiger partial charge in [0.2, 0.25) is 5.91 Å². The highest BCUT2D eigenvalue weighted by Crippen LogP contribution is 2.31. The van der Waals surface area contributed by atoms with Crippen molar-refractivity contribution in [3.63, 3.8) is 0 Å². The van der Waals surface area contributed by atoms with E-state index >= 15 is 0 Å². The zero-order valence-corrected chi connectivity index (χ0v) is 13.4. The fraction of sp³-hybridized carbons (Fsp3) is 0.562. The Bertz CT molecular complexity index is 438. The number of rotatable bonds is 5. The van der Waals surface area contributed by atoms with Crippen LogP contribution >= 0.6 is 15.9 Å². The van der Waals surface area contributed by atoms with Crippen LogP contribution in [0.3, 0.4) is 0 Å². The van der Waals surface area contributed by atoms with E-state index in [-0.39, 0.29) is 11.4 Å². The van der Waals surface area contributed by atoms with Crippen LogP contribution < -0.4 is 11.1 Å². The molecule has 3 N–H and O–H groups in total. The van der Waals surface area contributed by atoms with E-state index in [1.807, 2.05) is 0 Å². The summed E-state index contributed by atoms with van der Waals surface area (Å²) in [7, 11) is 0. The smallest absolute Gasteiger partial charge is 0.221 e. The number of amides is 1. The van der Waals surface area contributed by atoms with Gasteiger partial charge in [-0.25, -0.2) is 0 Å². The number of carbonyl (C=O) groups is 1. The molecule has 0 aliphatic heterocycles. The highest BCUT2D eigenvalue weighted by molar-refractivity contribution is 9.10. The fourth-order valence-corrected chi connectivity index (χ4v) is 3.32. The number of carbonyl (C=O) groups excluding carboxylic acids is 1. The molecule has 1 aromatic rings. The zero-order chi connectivity index (χ0) is 14.4. The van der Waals surface area contributed by atoms with Gasteiger partial charge in [-0.1, -0.05) is 47.3 Å². The quantitative estimate of drug-likeness (QED) is 0.866. The van der Waals surface area contributed by atoms with E-state index in [9.17, 15) is 4.79 Å². The lowest BCUT2D eigenvalue weighted by Gasteiger charge is -2.38. The largest absolute Gasteiger partial charge is 0.350 e. The summed E-state index contributed by atoms with van der Waals surface area (Å²) in [6, 6.07) is 8.40. The maximum Gasteiger partial charge on any atom is 0.221 e. The molecule has 4 heteroatoms. The standard InChI is InChI=1S/C16H23BrN2O/c17-14-6-4-13(5-7-14)12-16(9-2-1-3-10-16)19-15(20)8-11-18/h4-7H,1-3,8-12,18H2,(H,19,20). The van der Waals surface area contributed by atoms with Crippen molar-refractivity contribution in [3.8, 4) is 0 Å².